The van der Waals surface area contributed by atoms with E-state index in [1.54, 1.807) is 25.4 Å². The minimum atomic E-state index is -0.256. The van der Waals surface area contributed by atoms with Crippen LogP contribution in [-0.4, -0.2) is 35.5 Å². The average Bonchev–Trinajstić information content (AvgIpc) is 3.64. The molecule has 1 saturated carbocycles. The van der Waals surface area contributed by atoms with Gasteiger partial charge in [0.15, 0.2) is 0 Å². The predicted molar refractivity (Wildman–Crippen MR) is 125 cm³/mol. The number of benzene rings is 2. The molecule has 1 atom stereocenters. The number of hydrogen-bond donors (Lipinski definition) is 1. The normalized spacial score (nSPS) is 14.2. The van der Waals surface area contributed by atoms with Gasteiger partial charge in [0, 0.05) is 42.7 Å². The zero-order chi connectivity index (χ0) is 22.5. The highest BCUT2D eigenvalue weighted by molar-refractivity contribution is 5.91. The highest BCUT2D eigenvalue weighted by Crippen LogP contribution is 2.32. The number of nitrogens with one attached hydrogen (secondary N) is 1. The lowest BCUT2D eigenvalue weighted by Gasteiger charge is -2.24. The molecule has 1 amide bonds. The molecule has 1 aromatic heterocycles. The largest absolute Gasteiger partial charge is 0.497 e. The van der Waals surface area contributed by atoms with Gasteiger partial charge >= 0.3 is 0 Å². The first-order chi connectivity index (χ1) is 15.5. The van der Waals surface area contributed by atoms with Crippen LogP contribution < -0.4 is 10.1 Å². The Bertz CT molecular complexity index is 1070. The van der Waals surface area contributed by atoms with Gasteiger partial charge in [0.25, 0.3) is 0 Å². The van der Waals surface area contributed by atoms with Crippen molar-refractivity contribution in [3.05, 3.63) is 66.1 Å². The fourth-order valence-corrected chi connectivity index (χ4v) is 3.98. The Morgan fingerprint density at radius 1 is 1.25 bits per heavy atom. The van der Waals surface area contributed by atoms with E-state index in [2.05, 4.69) is 17.2 Å². The minimum absolute atomic E-state index is 0.167. The number of carbonyl (C=O) groups excluding carboxylic acids is 1. The molecule has 32 heavy (non-hydrogen) atoms. The molecule has 1 aliphatic rings. The van der Waals surface area contributed by atoms with E-state index in [0.29, 0.717) is 13.1 Å². The second kappa shape index (κ2) is 9.98. The van der Waals surface area contributed by atoms with Crippen LogP contribution in [0.3, 0.4) is 0 Å². The molecular formula is C26H30FN3O2. The van der Waals surface area contributed by atoms with Crippen LogP contribution in [-0.2, 0) is 11.3 Å². The molecule has 1 heterocycles. The van der Waals surface area contributed by atoms with Crippen LogP contribution >= 0.6 is 0 Å². The highest BCUT2D eigenvalue weighted by atomic mass is 19.1. The summed E-state index contributed by atoms with van der Waals surface area (Å²) in [6.07, 6.45) is 5.53. The van der Waals surface area contributed by atoms with Crippen molar-refractivity contribution in [2.75, 3.05) is 19.0 Å². The fourth-order valence-electron chi connectivity index (χ4n) is 3.98. The Morgan fingerprint density at radius 3 is 2.75 bits per heavy atom. The molecule has 0 saturated heterocycles. The van der Waals surface area contributed by atoms with E-state index in [1.807, 2.05) is 29.2 Å². The number of fused-ring (bicyclic) bond motifs is 1. The van der Waals surface area contributed by atoms with Gasteiger partial charge in [-0.2, -0.15) is 0 Å². The monoisotopic (exact) mass is 435 g/mol. The summed E-state index contributed by atoms with van der Waals surface area (Å²) in [7, 11) is 1.66. The van der Waals surface area contributed by atoms with Crippen LogP contribution in [0.25, 0.3) is 10.9 Å². The number of methoxy groups -OCH3 is 1. The molecule has 6 heteroatoms. The van der Waals surface area contributed by atoms with Gasteiger partial charge in [0.05, 0.1) is 18.3 Å². The van der Waals surface area contributed by atoms with E-state index in [0.717, 1.165) is 53.6 Å². The second-order valence-corrected chi connectivity index (χ2v) is 8.60. The van der Waals surface area contributed by atoms with Crippen molar-refractivity contribution in [1.29, 1.82) is 0 Å². The van der Waals surface area contributed by atoms with Gasteiger partial charge in [0.2, 0.25) is 5.91 Å². The number of carbonyl (C=O) groups is 1. The number of aromatic nitrogens is 1. The number of nitrogens with zero attached hydrogens (tertiary/aromatic N) is 2. The zero-order valence-corrected chi connectivity index (χ0v) is 18.7. The lowest BCUT2D eigenvalue weighted by molar-refractivity contribution is -0.133. The van der Waals surface area contributed by atoms with Gasteiger partial charge in [-0.15, -0.1) is 0 Å². The molecule has 5 nitrogen and oxygen atoms in total. The van der Waals surface area contributed by atoms with Crippen molar-refractivity contribution in [2.24, 2.45) is 5.92 Å². The Kier molecular flexibility index (Phi) is 6.88. The van der Waals surface area contributed by atoms with Crippen molar-refractivity contribution in [2.45, 2.75) is 45.2 Å². The molecule has 0 aliphatic heterocycles. The maximum absolute atomic E-state index is 13.2. The molecular weight excluding hydrogens is 405 g/mol. The molecule has 4 rings (SSSR count). The van der Waals surface area contributed by atoms with Crippen LogP contribution in [0.15, 0.2) is 54.7 Å². The lowest BCUT2D eigenvalue weighted by atomic mass is 10.1. The lowest BCUT2D eigenvalue weighted by Crippen LogP contribution is -2.33. The summed E-state index contributed by atoms with van der Waals surface area (Å²) < 4.78 is 18.7. The Labute approximate surface area is 188 Å². The van der Waals surface area contributed by atoms with Crippen molar-refractivity contribution in [3.63, 3.8) is 0 Å². The van der Waals surface area contributed by atoms with Crippen molar-refractivity contribution in [3.8, 4) is 5.75 Å². The summed E-state index contributed by atoms with van der Waals surface area (Å²) in [5, 5.41) is 4.60. The average molecular weight is 436 g/mol. The molecule has 0 radical (unpaired) electrons. The summed E-state index contributed by atoms with van der Waals surface area (Å²) in [5.74, 6) is 0.923. The maximum Gasteiger partial charge on any atom is 0.225 e. The minimum Gasteiger partial charge on any atom is -0.497 e. The molecule has 0 spiro atoms. The molecule has 2 aromatic carbocycles. The first-order valence-electron chi connectivity index (χ1n) is 11.3. The number of hydrogen-bond acceptors (Lipinski definition) is 4. The summed E-state index contributed by atoms with van der Waals surface area (Å²) in [6, 6.07) is 14.5. The number of pyridine rings is 1. The standard InChI is InChI=1S/C26H30FN3O2/c1-18(29-24-16-23(32-2)15-21-6-3-13-28-25(21)24)5-4-14-30(26(31)20-9-10-20)17-19-7-11-22(27)12-8-19/h3,6-8,11-13,15-16,18,20,29H,4-5,9-10,14,17H2,1-2H3. The summed E-state index contributed by atoms with van der Waals surface area (Å²) >= 11 is 0. The smallest absolute Gasteiger partial charge is 0.225 e. The topological polar surface area (TPSA) is 54.5 Å². The van der Waals surface area contributed by atoms with Crippen LogP contribution in [0.1, 0.15) is 38.2 Å². The number of amides is 1. The van der Waals surface area contributed by atoms with Gasteiger partial charge in [-0.3, -0.25) is 9.78 Å². The predicted octanol–water partition coefficient (Wildman–Crippen LogP) is 5.40. The van der Waals surface area contributed by atoms with E-state index in [-0.39, 0.29) is 23.7 Å². The van der Waals surface area contributed by atoms with Crippen LogP contribution in [0.5, 0.6) is 5.75 Å². The van der Waals surface area contributed by atoms with Gasteiger partial charge in [-0.25, -0.2) is 4.39 Å². The summed E-state index contributed by atoms with van der Waals surface area (Å²) in [4.78, 5) is 19.2. The molecule has 3 aromatic rings. The zero-order valence-electron chi connectivity index (χ0n) is 18.7. The first-order valence-corrected chi connectivity index (χ1v) is 11.3. The third-order valence-corrected chi connectivity index (χ3v) is 5.91. The Morgan fingerprint density at radius 2 is 2.03 bits per heavy atom. The van der Waals surface area contributed by atoms with Crippen molar-refractivity contribution < 1.29 is 13.9 Å². The van der Waals surface area contributed by atoms with Gasteiger partial charge in [-0.05, 0) is 62.4 Å². The molecule has 1 aliphatic carbocycles. The highest BCUT2D eigenvalue weighted by Gasteiger charge is 2.33. The van der Waals surface area contributed by atoms with Gasteiger partial charge < -0.3 is 15.0 Å². The van der Waals surface area contributed by atoms with Gasteiger partial charge in [-0.1, -0.05) is 18.2 Å². The number of halogens is 1. The fraction of sp³-hybridized carbons (Fsp3) is 0.385. The summed E-state index contributed by atoms with van der Waals surface area (Å²) in [5.41, 5.74) is 2.83. The molecule has 1 N–H and O–H groups in total. The second-order valence-electron chi connectivity index (χ2n) is 8.60. The van der Waals surface area contributed by atoms with Crippen molar-refractivity contribution in [1.82, 2.24) is 9.88 Å². The van der Waals surface area contributed by atoms with Gasteiger partial charge in [0.1, 0.15) is 11.6 Å². The Hall–Kier alpha value is -3.15. The van der Waals surface area contributed by atoms with Crippen LogP contribution in [0, 0.1) is 11.7 Å². The number of anilines is 1. The molecule has 1 unspecified atom stereocenters. The number of ether oxygens (including phenoxy) is 1. The molecule has 1 fully saturated rings. The van der Waals surface area contributed by atoms with E-state index < -0.39 is 0 Å². The summed E-state index contributed by atoms with van der Waals surface area (Å²) in [6.45, 7) is 3.36. The Balaban J connectivity index is 1.37. The number of rotatable bonds is 10. The first kappa shape index (κ1) is 22.1. The van der Waals surface area contributed by atoms with E-state index in [1.165, 1.54) is 12.1 Å². The SMILES string of the molecule is COc1cc(NC(C)CCCN(Cc2ccc(F)cc2)C(=O)C2CC2)c2ncccc2c1. The maximum atomic E-state index is 13.2. The quantitative estimate of drug-likeness (QED) is 0.463. The third kappa shape index (κ3) is 5.55. The van der Waals surface area contributed by atoms with Crippen LogP contribution in [0.2, 0.25) is 0 Å². The van der Waals surface area contributed by atoms with Crippen LogP contribution in [0.4, 0.5) is 10.1 Å². The van der Waals surface area contributed by atoms with E-state index >= 15 is 0 Å². The molecule has 168 valence electrons. The third-order valence-electron chi connectivity index (χ3n) is 5.91. The van der Waals surface area contributed by atoms with E-state index in [9.17, 15) is 9.18 Å². The van der Waals surface area contributed by atoms with E-state index in [4.69, 9.17) is 4.74 Å². The molecule has 0 bridgehead atoms. The van der Waals surface area contributed by atoms with Crippen molar-refractivity contribution >= 4 is 22.5 Å².